The van der Waals surface area contributed by atoms with Crippen LogP contribution in [0.1, 0.15) is 32.3 Å². The van der Waals surface area contributed by atoms with Gasteiger partial charge >= 0.3 is 6.03 Å². The Balaban J connectivity index is 1.85. The third kappa shape index (κ3) is 4.59. The van der Waals surface area contributed by atoms with Gasteiger partial charge in [0.05, 0.1) is 18.8 Å². The van der Waals surface area contributed by atoms with Crippen molar-refractivity contribution in [3.05, 3.63) is 34.9 Å². The molecule has 0 aliphatic carbocycles. The van der Waals surface area contributed by atoms with Gasteiger partial charge in [0.1, 0.15) is 5.82 Å². The fourth-order valence-electron chi connectivity index (χ4n) is 2.94. The van der Waals surface area contributed by atoms with E-state index in [2.05, 4.69) is 10.6 Å². The molecular formula is C16H20F4N2O2. The predicted molar refractivity (Wildman–Crippen MR) is 79.2 cm³/mol. The minimum atomic E-state index is -1.77. The van der Waals surface area contributed by atoms with Crippen LogP contribution in [0.15, 0.2) is 6.07 Å². The number of nitrogens with one attached hydrogen (secondary N) is 2. The Hall–Kier alpha value is -1.83. The van der Waals surface area contributed by atoms with Crippen molar-refractivity contribution in [2.45, 2.75) is 45.4 Å². The molecule has 1 aromatic carbocycles. The molecule has 0 bridgehead atoms. The van der Waals surface area contributed by atoms with Crippen LogP contribution in [0.3, 0.4) is 0 Å². The number of halogens is 4. The molecule has 1 fully saturated rings. The molecule has 0 unspecified atom stereocenters. The van der Waals surface area contributed by atoms with E-state index in [4.69, 9.17) is 4.74 Å². The molecule has 8 heteroatoms. The quantitative estimate of drug-likeness (QED) is 0.499. The third-order valence-corrected chi connectivity index (χ3v) is 3.98. The summed E-state index contributed by atoms with van der Waals surface area (Å²) in [6.07, 6.45) is 1.82. The van der Waals surface area contributed by atoms with E-state index in [1.165, 1.54) is 0 Å². The first-order valence-electron chi connectivity index (χ1n) is 7.77. The average Bonchev–Trinajstić information content (AvgIpc) is 2.49. The molecule has 24 heavy (non-hydrogen) atoms. The lowest BCUT2D eigenvalue weighted by Gasteiger charge is -2.32. The molecule has 1 aliphatic heterocycles. The summed E-state index contributed by atoms with van der Waals surface area (Å²) >= 11 is 0. The van der Waals surface area contributed by atoms with Gasteiger partial charge in [-0.05, 0) is 32.6 Å². The molecule has 0 radical (unpaired) electrons. The van der Waals surface area contributed by atoms with Crippen LogP contribution in [0, 0.1) is 29.2 Å². The SMILES string of the molecule is C[C@H]1CC(CNC(=O)NCc2c(F)cc(F)c(F)c2F)C[C@H](C)O1. The van der Waals surface area contributed by atoms with Crippen molar-refractivity contribution in [1.29, 1.82) is 0 Å². The minimum absolute atomic E-state index is 0.106. The molecule has 0 spiro atoms. The highest BCUT2D eigenvalue weighted by Gasteiger charge is 2.25. The predicted octanol–water partition coefficient (Wildman–Crippen LogP) is 3.25. The van der Waals surface area contributed by atoms with E-state index in [0.29, 0.717) is 6.54 Å². The van der Waals surface area contributed by atoms with Crippen LogP contribution in [0.5, 0.6) is 0 Å². The number of hydrogen-bond donors (Lipinski definition) is 2. The topological polar surface area (TPSA) is 50.4 Å². The number of amides is 2. The standard InChI is InChI=1S/C16H20F4N2O2/c1-8-3-10(4-9(2)24-8)6-21-16(23)22-7-11-12(17)5-13(18)15(20)14(11)19/h5,8-10H,3-4,6-7H2,1-2H3,(H2,21,22,23)/t8-,9-/m0/s1. The molecule has 2 amide bonds. The summed E-state index contributed by atoms with van der Waals surface area (Å²) in [7, 11) is 0. The van der Waals surface area contributed by atoms with Gasteiger partial charge in [-0.1, -0.05) is 0 Å². The van der Waals surface area contributed by atoms with Gasteiger partial charge in [0.15, 0.2) is 17.5 Å². The van der Waals surface area contributed by atoms with Crippen molar-refractivity contribution in [3.8, 4) is 0 Å². The van der Waals surface area contributed by atoms with Crippen LogP contribution in [0.2, 0.25) is 0 Å². The molecule has 134 valence electrons. The largest absolute Gasteiger partial charge is 0.376 e. The maximum absolute atomic E-state index is 13.5. The first-order valence-corrected chi connectivity index (χ1v) is 7.77. The minimum Gasteiger partial charge on any atom is -0.376 e. The number of hydrogen-bond acceptors (Lipinski definition) is 2. The van der Waals surface area contributed by atoms with E-state index in [1.54, 1.807) is 0 Å². The van der Waals surface area contributed by atoms with Gasteiger partial charge in [0.25, 0.3) is 0 Å². The molecule has 2 atom stereocenters. The molecule has 2 rings (SSSR count). The van der Waals surface area contributed by atoms with Crippen molar-refractivity contribution in [1.82, 2.24) is 10.6 Å². The Labute approximate surface area is 137 Å². The highest BCUT2D eigenvalue weighted by molar-refractivity contribution is 5.73. The maximum atomic E-state index is 13.5. The number of carbonyl (C=O) groups excluding carboxylic acids is 1. The van der Waals surface area contributed by atoms with Crippen LogP contribution in [0.25, 0.3) is 0 Å². The molecule has 2 N–H and O–H groups in total. The summed E-state index contributed by atoms with van der Waals surface area (Å²) in [5.74, 6) is -6.02. The van der Waals surface area contributed by atoms with Crippen LogP contribution in [-0.4, -0.2) is 24.8 Å². The Bertz CT molecular complexity index is 602. The number of carbonyl (C=O) groups is 1. The smallest absolute Gasteiger partial charge is 0.315 e. The van der Waals surface area contributed by atoms with Gasteiger partial charge in [-0.2, -0.15) is 0 Å². The molecule has 0 aromatic heterocycles. The van der Waals surface area contributed by atoms with Crippen molar-refractivity contribution in [2.24, 2.45) is 5.92 Å². The van der Waals surface area contributed by atoms with E-state index in [9.17, 15) is 22.4 Å². The highest BCUT2D eigenvalue weighted by atomic mass is 19.2. The number of ether oxygens (including phenoxy) is 1. The van der Waals surface area contributed by atoms with Gasteiger partial charge in [-0.15, -0.1) is 0 Å². The van der Waals surface area contributed by atoms with Crippen molar-refractivity contribution >= 4 is 6.03 Å². The van der Waals surface area contributed by atoms with Gasteiger partial charge in [-0.25, -0.2) is 22.4 Å². The molecule has 4 nitrogen and oxygen atoms in total. The normalized spacial score (nSPS) is 23.8. The Morgan fingerprint density at radius 1 is 1.08 bits per heavy atom. The fraction of sp³-hybridized carbons (Fsp3) is 0.562. The van der Waals surface area contributed by atoms with Gasteiger partial charge in [0.2, 0.25) is 0 Å². The van der Waals surface area contributed by atoms with E-state index in [1.807, 2.05) is 13.8 Å². The van der Waals surface area contributed by atoms with Crippen molar-refractivity contribution in [3.63, 3.8) is 0 Å². The Morgan fingerprint density at radius 2 is 1.71 bits per heavy atom. The summed E-state index contributed by atoms with van der Waals surface area (Å²) in [4.78, 5) is 11.7. The fourth-order valence-corrected chi connectivity index (χ4v) is 2.94. The molecule has 1 saturated heterocycles. The van der Waals surface area contributed by atoms with E-state index in [-0.39, 0.29) is 24.2 Å². The number of rotatable bonds is 4. The Kier molecular flexibility index (Phi) is 6.04. The lowest BCUT2D eigenvalue weighted by atomic mass is 9.92. The van der Waals surface area contributed by atoms with Crippen molar-refractivity contribution in [2.75, 3.05) is 6.54 Å². The summed E-state index contributed by atoms with van der Waals surface area (Å²) in [6.45, 7) is 3.72. The molecule has 1 aliphatic rings. The summed E-state index contributed by atoms with van der Waals surface area (Å²) < 4.78 is 58.5. The zero-order valence-corrected chi connectivity index (χ0v) is 13.5. The monoisotopic (exact) mass is 348 g/mol. The Morgan fingerprint density at radius 3 is 2.33 bits per heavy atom. The second kappa shape index (κ2) is 7.83. The average molecular weight is 348 g/mol. The van der Waals surface area contributed by atoms with Crippen molar-refractivity contribution < 1.29 is 27.1 Å². The second-order valence-corrected chi connectivity index (χ2v) is 6.11. The molecular weight excluding hydrogens is 328 g/mol. The lowest BCUT2D eigenvalue weighted by molar-refractivity contribution is -0.0511. The number of urea groups is 1. The zero-order chi connectivity index (χ0) is 17.9. The second-order valence-electron chi connectivity index (χ2n) is 6.11. The summed E-state index contributed by atoms with van der Waals surface area (Å²) in [5, 5.41) is 4.85. The van der Waals surface area contributed by atoms with Gasteiger partial charge in [-0.3, -0.25) is 0 Å². The maximum Gasteiger partial charge on any atom is 0.315 e. The molecule has 0 saturated carbocycles. The highest BCUT2D eigenvalue weighted by Crippen LogP contribution is 2.24. The molecule has 1 heterocycles. The number of benzene rings is 1. The van der Waals surface area contributed by atoms with Gasteiger partial charge < -0.3 is 15.4 Å². The van der Waals surface area contributed by atoms with Crippen LogP contribution >= 0.6 is 0 Å². The van der Waals surface area contributed by atoms with Crippen LogP contribution in [0.4, 0.5) is 22.4 Å². The first kappa shape index (κ1) is 18.5. The van der Waals surface area contributed by atoms with Gasteiger partial charge in [0, 0.05) is 18.2 Å². The lowest BCUT2D eigenvalue weighted by Crippen LogP contribution is -2.41. The molecule has 1 aromatic rings. The first-order chi connectivity index (χ1) is 11.3. The summed E-state index contributed by atoms with van der Waals surface area (Å²) in [5.41, 5.74) is -0.725. The zero-order valence-electron chi connectivity index (χ0n) is 13.5. The summed E-state index contributed by atoms with van der Waals surface area (Å²) in [6, 6.07) is -0.386. The van der Waals surface area contributed by atoms with E-state index < -0.39 is 41.4 Å². The van der Waals surface area contributed by atoms with Crippen LogP contribution in [-0.2, 0) is 11.3 Å². The van der Waals surface area contributed by atoms with E-state index >= 15 is 0 Å². The van der Waals surface area contributed by atoms with E-state index in [0.717, 1.165) is 12.8 Å². The third-order valence-electron chi connectivity index (χ3n) is 3.98. The van der Waals surface area contributed by atoms with Crippen LogP contribution < -0.4 is 10.6 Å².